The van der Waals surface area contributed by atoms with Crippen molar-refractivity contribution in [1.29, 1.82) is 0 Å². The molecule has 11 nitrogen and oxygen atoms in total. The minimum atomic E-state index is -4.07. The molecule has 3 N–H and O–H groups in total. The number of hydrogen-bond acceptors (Lipinski definition) is 8. The Morgan fingerprint density at radius 3 is 2.12 bits per heavy atom. The quantitative estimate of drug-likeness (QED) is 0.0667. The van der Waals surface area contributed by atoms with Crippen molar-refractivity contribution in [1.82, 2.24) is 9.62 Å². The number of nitrogens with zero attached hydrogens (tertiary/aromatic N) is 1. The maximum absolute atomic E-state index is 14.0. The van der Waals surface area contributed by atoms with Crippen LogP contribution in [0, 0.1) is 11.8 Å². The van der Waals surface area contributed by atoms with Gasteiger partial charge in [-0.3, -0.25) is 4.79 Å². The summed E-state index contributed by atoms with van der Waals surface area (Å²) in [5, 5.41) is 17.3. The third-order valence-corrected chi connectivity index (χ3v) is 11.8. The molecule has 12 heteroatoms. The predicted molar refractivity (Wildman–Crippen MR) is 234 cm³/mol. The maximum atomic E-state index is 14.0. The van der Waals surface area contributed by atoms with E-state index in [-0.39, 0.29) is 55.0 Å². The molecule has 59 heavy (non-hydrogen) atoms. The molecule has 0 spiro atoms. The highest BCUT2D eigenvalue weighted by atomic mass is 32.2. The highest BCUT2D eigenvalue weighted by Gasteiger charge is 2.44. The van der Waals surface area contributed by atoms with Crippen molar-refractivity contribution in [3.05, 3.63) is 121 Å². The smallest absolute Gasteiger partial charge is 0.407 e. The lowest BCUT2D eigenvalue weighted by Gasteiger charge is -2.31. The first kappa shape index (κ1) is 47.3. The van der Waals surface area contributed by atoms with E-state index in [1.165, 1.54) is 16.4 Å². The first-order valence-electron chi connectivity index (χ1n) is 21.1. The Bertz CT molecular complexity index is 1810. The summed E-state index contributed by atoms with van der Waals surface area (Å²) in [7, 11) is -4.07. The van der Waals surface area contributed by atoms with E-state index in [2.05, 4.69) is 78.3 Å². The van der Waals surface area contributed by atoms with Crippen LogP contribution in [0.3, 0.4) is 0 Å². The van der Waals surface area contributed by atoms with Gasteiger partial charge in [-0.2, -0.15) is 4.31 Å². The van der Waals surface area contributed by atoms with Gasteiger partial charge < -0.3 is 30.0 Å². The summed E-state index contributed by atoms with van der Waals surface area (Å²) < 4.78 is 46.2. The third kappa shape index (κ3) is 17.1. The van der Waals surface area contributed by atoms with Crippen molar-refractivity contribution in [2.45, 2.75) is 114 Å². The number of rotatable bonds is 25. The predicted octanol–water partition coefficient (Wildman–Crippen LogP) is 8.65. The fourth-order valence-corrected chi connectivity index (χ4v) is 8.49. The van der Waals surface area contributed by atoms with Gasteiger partial charge in [-0.1, -0.05) is 112 Å². The van der Waals surface area contributed by atoms with Crippen LogP contribution < -0.4 is 10.6 Å². The number of aliphatic hydroxyl groups is 1. The van der Waals surface area contributed by atoms with Gasteiger partial charge in [-0.05, 0) is 93.5 Å². The Morgan fingerprint density at radius 2 is 1.49 bits per heavy atom. The van der Waals surface area contributed by atoms with Crippen LogP contribution in [0.2, 0.25) is 0 Å². The standard InChI is InChI=1S/C47H65N3O8S/c1-4-5-6-7-8-9-10-11-12-13-14-15-16-17-18-19-23-26-45(52)48-39-27-29-40(30-28-39)59(54,55)50(34-37(2)3)35-43(51)42(33-38-24-21-20-22-25-38)49-47(53)58-44-36-57-46-41(44)31-32-56-46/h5-6,8-9,11-12,14-15,17-18,20-22,24-25,27-30,37,41-44,46,51H,4,7,10,13,16,19,23,26,31-36H2,1-3H3,(H,48,52)(H,49,53). The lowest BCUT2D eigenvalue weighted by atomic mass is 10.0. The molecule has 2 aliphatic rings. The molecule has 2 aromatic carbocycles. The molecule has 2 aromatic rings. The highest BCUT2D eigenvalue weighted by Crippen LogP contribution is 2.33. The monoisotopic (exact) mass is 831 g/mol. The molecular weight excluding hydrogens is 767 g/mol. The average Bonchev–Trinajstić information content (AvgIpc) is 3.84. The SMILES string of the molecule is CCC=CCC=CCC=CCC=CCC=CCCCC(=O)Nc1ccc(S(=O)(=O)N(CC(C)C)CC(O)C(Cc2ccccc2)NC(=O)OC2COC3OCCC23)cc1. The van der Waals surface area contributed by atoms with Gasteiger partial charge in [0, 0.05) is 25.2 Å². The fourth-order valence-electron chi connectivity index (χ4n) is 6.87. The summed E-state index contributed by atoms with van der Waals surface area (Å²) in [5.41, 5.74) is 1.35. The molecule has 2 fully saturated rings. The molecular formula is C47H65N3O8S. The van der Waals surface area contributed by atoms with E-state index >= 15 is 0 Å². The van der Waals surface area contributed by atoms with E-state index in [0.29, 0.717) is 25.1 Å². The lowest BCUT2D eigenvalue weighted by molar-refractivity contribution is -0.116. The molecule has 0 aliphatic carbocycles. The zero-order chi connectivity index (χ0) is 42.3. The molecule has 0 saturated carbocycles. The molecule has 2 aliphatic heterocycles. The number of anilines is 1. The Labute approximate surface area is 352 Å². The van der Waals surface area contributed by atoms with Gasteiger partial charge in [-0.15, -0.1) is 0 Å². The number of carbonyl (C=O) groups excluding carboxylic acids is 2. The summed E-state index contributed by atoms with van der Waals surface area (Å²) in [4.78, 5) is 25.9. The van der Waals surface area contributed by atoms with Gasteiger partial charge in [0.2, 0.25) is 15.9 Å². The average molecular weight is 832 g/mol. The van der Waals surface area contributed by atoms with Crippen LogP contribution in [0.25, 0.3) is 0 Å². The molecule has 2 amide bonds. The van der Waals surface area contributed by atoms with Crippen molar-refractivity contribution in [3.8, 4) is 0 Å². The van der Waals surface area contributed by atoms with Gasteiger partial charge >= 0.3 is 6.09 Å². The van der Waals surface area contributed by atoms with E-state index in [0.717, 1.165) is 50.5 Å². The van der Waals surface area contributed by atoms with Crippen LogP contribution in [-0.2, 0) is 35.4 Å². The third-order valence-electron chi connectivity index (χ3n) is 9.98. The molecule has 322 valence electrons. The minimum Gasteiger partial charge on any atom is -0.443 e. The van der Waals surface area contributed by atoms with E-state index in [1.54, 1.807) is 12.1 Å². The number of alkyl carbamates (subject to hydrolysis) is 1. The summed E-state index contributed by atoms with van der Waals surface area (Å²) in [6.07, 6.45) is 26.3. The zero-order valence-electron chi connectivity index (χ0n) is 35.0. The van der Waals surface area contributed by atoms with Crippen LogP contribution in [0.5, 0.6) is 0 Å². The van der Waals surface area contributed by atoms with Crippen LogP contribution in [0.4, 0.5) is 10.5 Å². The molecule has 0 bridgehead atoms. The summed E-state index contributed by atoms with van der Waals surface area (Å²) in [6, 6.07) is 14.6. The second-order valence-electron chi connectivity index (χ2n) is 15.4. The number of hydrogen-bond donors (Lipinski definition) is 3. The van der Waals surface area contributed by atoms with Crippen molar-refractivity contribution >= 4 is 27.7 Å². The maximum Gasteiger partial charge on any atom is 0.407 e. The number of aliphatic hydroxyl groups excluding tert-OH is 1. The Morgan fingerprint density at radius 1 is 0.864 bits per heavy atom. The van der Waals surface area contributed by atoms with Gasteiger partial charge in [0.1, 0.15) is 6.10 Å². The lowest BCUT2D eigenvalue weighted by Crippen LogP contribution is -2.51. The van der Waals surface area contributed by atoms with Crippen LogP contribution >= 0.6 is 0 Å². The number of sulfonamides is 1. The van der Waals surface area contributed by atoms with Crippen molar-refractivity contribution in [2.24, 2.45) is 11.8 Å². The second kappa shape index (κ2) is 26.0. The van der Waals surface area contributed by atoms with Gasteiger partial charge in [-0.25, -0.2) is 13.2 Å². The topological polar surface area (TPSA) is 144 Å². The number of unbranched alkanes of at least 4 members (excludes halogenated alkanes) is 1. The molecule has 2 saturated heterocycles. The Hall–Kier alpha value is -4.33. The van der Waals surface area contributed by atoms with E-state index in [4.69, 9.17) is 14.2 Å². The number of ether oxygens (including phenoxy) is 3. The van der Waals surface area contributed by atoms with Gasteiger partial charge in [0.15, 0.2) is 6.29 Å². The summed E-state index contributed by atoms with van der Waals surface area (Å²) in [6.45, 7) is 6.57. The largest absolute Gasteiger partial charge is 0.443 e. The number of benzene rings is 2. The number of amides is 2. The van der Waals surface area contributed by atoms with Crippen molar-refractivity contribution < 1.29 is 37.3 Å². The first-order chi connectivity index (χ1) is 28.6. The number of carbonyl (C=O) groups is 2. The summed E-state index contributed by atoms with van der Waals surface area (Å²) >= 11 is 0. The number of nitrogens with one attached hydrogen (secondary N) is 2. The number of fused-ring (bicyclic) bond motifs is 1. The normalized spacial score (nSPS) is 19.5. The van der Waals surface area contributed by atoms with E-state index < -0.39 is 34.4 Å². The van der Waals surface area contributed by atoms with Crippen molar-refractivity contribution in [2.75, 3.05) is 31.6 Å². The Balaban J connectivity index is 1.25. The zero-order valence-corrected chi connectivity index (χ0v) is 35.8. The molecule has 0 aromatic heterocycles. The van der Waals surface area contributed by atoms with Crippen molar-refractivity contribution in [3.63, 3.8) is 0 Å². The molecule has 4 rings (SSSR count). The molecule has 5 unspecified atom stereocenters. The van der Waals surface area contributed by atoms with Crippen LogP contribution in [-0.4, -0.2) is 80.7 Å². The first-order valence-corrected chi connectivity index (χ1v) is 22.6. The van der Waals surface area contributed by atoms with Gasteiger partial charge in [0.25, 0.3) is 0 Å². The molecule has 0 radical (unpaired) electrons. The highest BCUT2D eigenvalue weighted by molar-refractivity contribution is 7.89. The fraction of sp³-hybridized carbons (Fsp3) is 0.489. The van der Waals surface area contributed by atoms with Crippen LogP contribution in [0.15, 0.2) is 120 Å². The minimum absolute atomic E-state index is 0.0308. The molecule has 5 atom stereocenters. The number of allylic oxidation sites excluding steroid dienone is 10. The Kier molecular flexibility index (Phi) is 20.9. The van der Waals surface area contributed by atoms with Gasteiger partial charge in [0.05, 0.1) is 36.2 Å². The van der Waals surface area contributed by atoms with Crippen LogP contribution in [0.1, 0.15) is 84.1 Å². The second-order valence-corrected chi connectivity index (χ2v) is 17.3. The van der Waals surface area contributed by atoms with E-state index in [9.17, 15) is 23.1 Å². The molecule has 2 heterocycles. The van der Waals surface area contributed by atoms with E-state index in [1.807, 2.05) is 44.2 Å². The summed E-state index contributed by atoms with van der Waals surface area (Å²) in [5.74, 6) is -0.255.